The second-order valence-corrected chi connectivity index (χ2v) is 8.86. The Balaban J connectivity index is 1.59. The highest BCUT2D eigenvalue weighted by Gasteiger charge is 2.29. The summed E-state index contributed by atoms with van der Waals surface area (Å²) in [5.41, 5.74) is 4.15. The van der Waals surface area contributed by atoms with Crippen LogP contribution in [0.15, 0.2) is 52.0 Å². The first-order valence-electron chi connectivity index (χ1n) is 10.4. The predicted octanol–water partition coefficient (Wildman–Crippen LogP) is 4.99. The second-order valence-electron chi connectivity index (χ2n) is 7.94. The van der Waals surface area contributed by atoms with E-state index in [1.165, 1.54) is 0 Å². The Morgan fingerprint density at radius 3 is 2.77 bits per heavy atom. The topological polar surface area (TPSA) is 68.5 Å². The van der Waals surface area contributed by atoms with Crippen molar-refractivity contribution in [3.8, 4) is 6.07 Å². The van der Waals surface area contributed by atoms with Crippen LogP contribution in [0.1, 0.15) is 43.8 Å². The molecule has 0 amide bonds. The highest BCUT2D eigenvalue weighted by Crippen LogP contribution is 2.36. The van der Waals surface area contributed by atoms with Crippen LogP contribution in [0.2, 0.25) is 0 Å². The van der Waals surface area contributed by atoms with Crippen LogP contribution in [-0.4, -0.2) is 18.7 Å². The summed E-state index contributed by atoms with van der Waals surface area (Å²) in [7, 11) is 0. The third-order valence-corrected chi connectivity index (χ3v) is 6.36. The first kappa shape index (κ1) is 19.1. The lowest BCUT2D eigenvalue weighted by Gasteiger charge is -2.11. The van der Waals surface area contributed by atoms with Crippen molar-refractivity contribution in [3.63, 3.8) is 0 Å². The molecule has 152 valence electrons. The van der Waals surface area contributed by atoms with Crippen LogP contribution in [-0.2, 0) is 13.1 Å². The molecular weight excluding hydrogens is 442 g/mol. The van der Waals surface area contributed by atoms with Gasteiger partial charge < -0.3 is 4.57 Å². The van der Waals surface area contributed by atoms with Crippen molar-refractivity contribution in [1.82, 2.24) is 18.7 Å². The molecule has 5 rings (SSSR count). The average molecular weight is 464 g/mol. The van der Waals surface area contributed by atoms with Gasteiger partial charge in [-0.25, -0.2) is 4.79 Å². The molecule has 7 heteroatoms. The smallest absolute Gasteiger partial charge is 0.329 e. The molecule has 0 unspecified atom stereocenters. The third-order valence-electron chi connectivity index (χ3n) is 5.87. The van der Waals surface area contributed by atoms with Gasteiger partial charge in [-0.1, -0.05) is 15.9 Å². The largest absolute Gasteiger partial charge is 0.343 e. The zero-order valence-corrected chi connectivity index (χ0v) is 18.2. The highest BCUT2D eigenvalue weighted by molar-refractivity contribution is 9.10. The number of aromatic nitrogens is 4. The second kappa shape index (κ2) is 7.77. The number of hydrogen-bond acceptors (Lipinski definition) is 3. The Labute approximate surface area is 182 Å². The normalized spacial score (nSPS) is 13.9. The molecule has 4 aromatic rings. The van der Waals surface area contributed by atoms with E-state index in [0.29, 0.717) is 19.0 Å². The van der Waals surface area contributed by atoms with Gasteiger partial charge in [0.15, 0.2) is 0 Å². The number of unbranched alkanes of at least 4 members (excludes halogenated alkanes) is 2. The van der Waals surface area contributed by atoms with E-state index in [1.807, 2.05) is 21.3 Å². The van der Waals surface area contributed by atoms with E-state index in [-0.39, 0.29) is 5.69 Å². The molecule has 0 bridgehead atoms. The van der Waals surface area contributed by atoms with E-state index in [0.717, 1.165) is 64.3 Å². The number of aryl methyl sites for hydroxylation is 1. The van der Waals surface area contributed by atoms with Crippen molar-refractivity contribution < 1.29 is 0 Å². The maximum Gasteiger partial charge on any atom is 0.329 e. The molecule has 0 radical (unpaired) electrons. The molecule has 3 heterocycles. The lowest BCUT2D eigenvalue weighted by Crippen LogP contribution is -2.25. The predicted molar refractivity (Wildman–Crippen MR) is 120 cm³/mol. The molecule has 0 spiro atoms. The first-order chi connectivity index (χ1) is 14.7. The lowest BCUT2D eigenvalue weighted by atomic mass is 10.2. The number of pyridine rings is 1. The number of hydrogen-bond donors (Lipinski definition) is 0. The molecule has 30 heavy (non-hydrogen) atoms. The van der Waals surface area contributed by atoms with Crippen molar-refractivity contribution in [1.29, 1.82) is 5.26 Å². The summed E-state index contributed by atoms with van der Waals surface area (Å²) in [5.74, 6) is 0. The van der Waals surface area contributed by atoms with Crippen LogP contribution >= 0.6 is 15.9 Å². The van der Waals surface area contributed by atoms with Gasteiger partial charge in [0.05, 0.1) is 29.8 Å². The molecule has 1 saturated carbocycles. The first-order valence-corrected chi connectivity index (χ1v) is 11.2. The fourth-order valence-electron chi connectivity index (χ4n) is 4.29. The van der Waals surface area contributed by atoms with Gasteiger partial charge >= 0.3 is 5.69 Å². The van der Waals surface area contributed by atoms with Gasteiger partial charge in [0.2, 0.25) is 0 Å². The number of imidazole rings is 1. The number of nitrogens with zero attached hydrogens (tertiary/aromatic N) is 5. The molecule has 0 atom stereocenters. The molecular formula is C23H22BrN5O. The minimum atomic E-state index is 0.0444. The number of fused-ring (bicyclic) bond motifs is 2. The third kappa shape index (κ3) is 3.35. The molecule has 0 saturated heterocycles. The standard InChI is InChI=1S/C23H22BrN5O/c24-17-4-7-20-16(12-17)13-19(27(20)11-3-1-2-9-25)15-28-22-14-26-10-8-21(22)29(23(28)30)18-5-6-18/h4,7-8,10,12-14,18H,1-3,5-6,11,15H2. The molecule has 1 aromatic carbocycles. The summed E-state index contributed by atoms with van der Waals surface area (Å²) >= 11 is 3.56. The zero-order chi connectivity index (χ0) is 20.7. The van der Waals surface area contributed by atoms with Crippen LogP contribution in [0.5, 0.6) is 0 Å². The van der Waals surface area contributed by atoms with E-state index in [1.54, 1.807) is 12.4 Å². The van der Waals surface area contributed by atoms with Gasteiger partial charge in [-0.05, 0) is 56.0 Å². The maximum absolute atomic E-state index is 13.3. The SMILES string of the molecule is N#CCCCCn1c(Cn2c(=O)n(C3CC3)c3ccncc32)cc2cc(Br)ccc21. The van der Waals surface area contributed by atoms with Crippen LogP contribution in [0, 0.1) is 11.3 Å². The van der Waals surface area contributed by atoms with E-state index in [9.17, 15) is 4.79 Å². The van der Waals surface area contributed by atoms with Crippen LogP contribution in [0.4, 0.5) is 0 Å². The van der Waals surface area contributed by atoms with Crippen molar-refractivity contribution in [3.05, 3.63) is 63.4 Å². The Hall–Kier alpha value is -2.85. The average Bonchev–Trinajstić information content (AvgIpc) is 3.46. The monoisotopic (exact) mass is 463 g/mol. The van der Waals surface area contributed by atoms with Crippen molar-refractivity contribution in [2.45, 2.75) is 51.2 Å². The molecule has 1 aliphatic rings. The summed E-state index contributed by atoms with van der Waals surface area (Å²) in [6.07, 6.45) is 8.06. The van der Waals surface area contributed by atoms with Gasteiger partial charge in [-0.3, -0.25) is 14.1 Å². The number of nitriles is 1. The number of rotatable bonds is 7. The van der Waals surface area contributed by atoms with Crippen molar-refractivity contribution in [2.75, 3.05) is 0 Å². The van der Waals surface area contributed by atoms with E-state index in [2.05, 4.69) is 49.7 Å². The fraction of sp³-hybridized carbons (Fsp3) is 0.348. The minimum Gasteiger partial charge on any atom is -0.343 e. The van der Waals surface area contributed by atoms with Gasteiger partial charge in [0, 0.05) is 46.3 Å². The van der Waals surface area contributed by atoms with Gasteiger partial charge in [0.1, 0.15) is 0 Å². The summed E-state index contributed by atoms with van der Waals surface area (Å²) in [6, 6.07) is 12.9. The summed E-state index contributed by atoms with van der Waals surface area (Å²) in [4.78, 5) is 17.6. The number of halogens is 1. The van der Waals surface area contributed by atoms with Crippen LogP contribution in [0.3, 0.4) is 0 Å². The molecule has 0 aliphatic heterocycles. The van der Waals surface area contributed by atoms with E-state index in [4.69, 9.17) is 5.26 Å². The minimum absolute atomic E-state index is 0.0444. The Bertz CT molecular complexity index is 1340. The van der Waals surface area contributed by atoms with Gasteiger partial charge in [0.25, 0.3) is 0 Å². The van der Waals surface area contributed by atoms with E-state index < -0.39 is 0 Å². The molecule has 3 aromatic heterocycles. The lowest BCUT2D eigenvalue weighted by molar-refractivity contribution is 0.590. The van der Waals surface area contributed by atoms with Gasteiger partial charge in [-0.2, -0.15) is 5.26 Å². The van der Waals surface area contributed by atoms with Gasteiger partial charge in [-0.15, -0.1) is 0 Å². The number of benzene rings is 1. The summed E-state index contributed by atoms with van der Waals surface area (Å²) in [5, 5.41) is 10.00. The molecule has 1 aliphatic carbocycles. The molecule has 1 fully saturated rings. The van der Waals surface area contributed by atoms with Crippen molar-refractivity contribution in [2.24, 2.45) is 0 Å². The van der Waals surface area contributed by atoms with Crippen LogP contribution < -0.4 is 5.69 Å². The Kier molecular flexibility index (Phi) is 4.95. The quantitative estimate of drug-likeness (QED) is 0.362. The maximum atomic E-state index is 13.3. The van der Waals surface area contributed by atoms with Crippen molar-refractivity contribution >= 4 is 37.9 Å². The highest BCUT2D eigenvalue weighted by atomic mass is 79.9. The fourth-order valence-corrected chi connectivity index (χ4v) is 4.67. The summed E-state index contributed by atoms with van der Waals surface area (Å²) in [6.45, 7) is 1.34. The zero-order valence-electron chi connectivity index (χ0n) is 16.6. The Morgan fingerprint density at radius 2 is 1.97 bits per heavy atom. The Morgan fingerprint density at radius 1 is 1.10 bits per heavy atom. The molecule has 0 N–H and O–H groups in total. The van der Waals surface area contributed by atoms with Crippen LogP contribution in [0.25, 0.3) is 21.9 Å². The van der Waals surface area contributed by atoms with E-state index >= 15 is 0 Å². The summed E-state index contributed by atoms with van der Waals surface area (Å²) < 4.78 is 7.13. The molecule has 6 nitrogen and oxygen atoms in total.